The molecule has 2 aliphatic carbocycles. The number of anilines is 1. The van der Waals surface area contributed by atoms with Gasteiger partial charge in [0.2, 0.25) is 10.0 Å². The Morgan fingerprint density at radius 1 is 1.04 bits per heavy atom. The van der Waals surface area contributed by atoms with Gasteiger partial charge in [-0.1, -0.05) is 12.1 Å². The number of carbonyl (C=O) groups excluding carboxylic acids is 1. The fraction of sp³-hybridized carbons (Fsp3) is 0.368. The Morgan fingerprint density at radius 2 is 1.70 bits per heavy atom. The number of sulfonamides is 1. The SMILES string of the molecule is O=C(Nc1c2c(cc3c1CCC3)CCC2)NS(=O)(=O)Cc1ccccn1.[K]. The Kier molecular flexibility index (Phi) is 6.76. The molecule has 0 bridgehead atoms. The number of urea groups is 1. The summed E-state index contributed by atoms with van der Waals surface area (Å²) in [7, 11) is -3.81. The fourth-order valence-corrected chi connectivity index (χ4v) is 4.93. The molecular formula is C19H21KN3O3S. The van der Waals surface area contributed by atoms with Crippen LogP contribution in [-0.2, 0) is 41.5 Å². The second kappa shape index (κ2) is 8.71. The number of hydrogen-bond donors (Lipinski definition) is 2. The van der Waals surface area contributed by atoms with Crippen LogP contribution in [0.3, 0.4) is 0 Å². The van der Waals surface area contributed by atoms with Crippen molar-refractivity contribution in [2.75, 3.05) is 5.32 Å². The standard InChI is InChI=1S/C19H21N3O3S.K/c23-19(22-26(24,25)12-15-7-1-2-10-20-15)21-18-16-8-3-5-13(16)11-14-6-4-9-17(14)18;/h1-2,7,10-11H,3-6,8-9,12H2,(H2,21,22,23);. The third-order valence-corrected chi connectivity index (χ3v) is 6.20. The molecule has 1 aromatic heterocycles. The Balaban J connectivity index is 0.00000210. The molecule has 1 heterocycles. The normalized spacial score (nSPS) is 14.8. The maximum atomic E-state index is 12.4. The van der Waals surface area contributed by atoms with Crippen molar-refractivity contribution in [3.05, 3.63) is 58.4 Å². The van der Waals surface area contributed by atoms with E-state index in [0.717, 1.165) is 44.2 Å². The van der Waals surface area contributed by atoms with Crippen LogP contribution in [0.1, 0.15) is 40.8 Å². The van der Waals surface area contributed by atoms with E-state index >= 15 is 0 Å². The summed E-state index contributed by atoms with van der Waals surface area (Å²) in [5, 5.41) is 2.83. The number of carbonyl (C=O) groups is 1. The molecular weight excluding hydrogens is 389 g/mol. The third kappa shape index (κ3) is 4.80. The van der Waals surface area contributed by atoms with Crippen LogP contribution in [0.5, 0.6) is 0 Å². The summed E-state index contributed by atoms with van der Waals surface area (Å²) >= 11 is 0. The predicted octanol–water partition coefficient (Wildman–Crippen LogP) is 2.33. The number of aryl methyl sites for hydroxylation is 2. The van der Waals surface area contributed by atoms with Gasteiger partial charge in [0.25, 0.3) is 0 Å². The first-order chi connectivity index (χ1) is 12.5. The molecule has 0 aliphatic heterocycles. The first kappa shape index (κ1) is 20.9. The number of pyridine rings is 1. The molecule has 0 spiro atoms. The number of nitrogens with one attached hydrogen (secondary N) is 2. The second-order valence-electron chi connectivity index (χ2n) is 6.87. The van der Waals surface area contributed by atoms with Gasteiger partial charge in [-0.05, 0) is 72.9 Å². The van der Waals surface area contributed by atoms with E-state index < -0.39 is 16.1 Å². The zero-order valence-electron chi connectivity index (χ0n) is 15.4. The number of rotatable bonds is 4. The summed E-state index contributed by atoms with van der Waals surface area (Å²) in [4.78, 5) is 16.4. The van der Waals surface area contributed by atoms with Gasteiger partial charge < -0.3 is 5.32 Å². The topological polar surface area (TPSA) is 88.2 Å². The Hall–Kier alpha value is -0.774. The van der Waals surface area contributed by atoms with Gasteiger partial charge >= 0.3 is 6.03 Å². The molecule has 2 N–H and O–H groups in total. The molecule has 0 unspecified atom stereocenters. The van der Waals surface area contributed by atoms with Gasteiger partial charge in [-0.2, -0.15) is 0 Å². The van der Waals surface area contributed by atoms with Gasteiger partial charge in [-0.25, -0.2) is 17.9 Å². The monoisotopic (exact) mass is 410 g/mol. The quantitative estimate of drug-likeness (QED) is 0.757. The summed E-state index contributed by atoms with van der Waals surface area (Å²) in [5.74, 6) is -0.327. The molecule has 137 valence electrons. The van der Waals surface area contributed by atoms with E-state index in [2.05, 4.69) is 21.1 Å². The van der Waals surface area contributed by atoms with Crippen LogP contribution in [-0.4, -0.2) is 70.8 Å². The number of nitrogens with zero attached hydrogens (tertiary/aromatic N) is 1. The number of benzene rings is 1. The van der Waals surface area contributed by atoms with Gasteiger partial charge in [0.15, 0.2) is 0 Å². The molecule has 2 aliphatic rings. The second-order valence-corrected chi connectivity index (χ2v) is 8.59. The van der Waals surface area contributed by atoms with Crippen LogP contribution in [0, 0.1) is 0 Å². The third-order valence-electron chi connectivity index (χ3n) is 5.02. The molecule has 1 radical (unpaired) electrons. The van der Waals surface area contributed by atoms with E-state index in [1.807, 2.05) is 0 Å². The molecule has 27 heavy (non-hydrogen) atoms. The van der Waals surface area contributed by atoms with Crippen molar-refractivity contribution in [3.63, 3.8) is 0 Å². The van der Waals surface area contributed by atoms with Crippen molar-refractivity contribution in [2.45, 2.75) is 44.3 Å². The Bertz CT molecular complexity index is 930. The predicted molar refractivity (Wildman–Crippen MR) is 105 cm³/mol. The molecule has 2 aromatic rings. The maximum absolute atomic E-state index is 12.4. The maximum Gasteiger partial charge on any atom is 0.332 e. The molecule has 6 nitrogen and oxygen atoms in total. The van der Waals surface area contributed by atoms with Crippen molar-refractivity contribution < 1.29 is 13.2 Å². The van der Waals surface area contributed by atoms with Crippen LogP contribution in [0.25, 0.3) is 0 Å². The van der Waals surface area contributed by atoms with Gasteiger partial charge in [0.05, 0.1) is 5.69 Å². The first-order valence-electron chi connectivity index (χ1n) is 8.90. The first-order valence-corrected chi connectivity index (χ1v) is 10.5. The molecule has 1 aromatic carbocycles. The fourth-order valence-electron chi connectivity index (χ4n) is 3.96. The van der Waals surface area contributed by atoms with Crippen LogP contribution in [0.15, 0.2) is 30.5 Å². The molecule has 2 amide bonds. The Morgan fingerprint density at radius 3 is 2.30 bits per heavy atom. The van der Waals surface area contributed by atoms with Crippen LogP contribution >= 0.6 is 0 Å². The smallest absolute Gasteiger partial charge is 0.307 e. The molecule has 0 saturated heterocycles. The number of amides is 2. The van der Waals surface area contributed by atoms with E-state index in [4.69, 9.17) is 0 Å². The summed E-state index contributed by atoms with van der Waals surface area (Å²) < 4.78 is 26.6. The minimum atomic E-state index is -3.81. The van der Waals surface area contributed by atoms with E-state index in [1.54, 1.807) is 18.2 Å². The Labute approximate surface area is 202 Å². The summed E-state index contributed by atoms with van der Waals surface area (Å²) in [6, 6.07) is 6.62. The van der Waals surface area contributed by atoms with Crippen molar-refractivity contribution in [1.29, 1.82) is 0 Å². The molecule has 0 fully saturated rings. The number of fused-ring (bicyclic) bond motifs is 2. The summed E-state index contributed by atoms with van der Waals surface area (Å²) in [6.07, 6.45) is 7.59. The van der Waals surface area contributed by atoms with Gasteiger partial charge in [0, 0.05) is 63.3 Å². The van der Waals surface area contributed by atoms with Gasteiger partial charge in [0.1, 0.15) is 5.75 Å². The van der Waals surface area contributed by atoms with Crippen LogP contribution in [0.4, 0.5) is 10.5 Å². The average molecular weight is 411 g/mol. The molecule has 4 rings (SSSR count). The minimum Gasteiger partial charge on any atom is -0.307 e. The molecule has 0 atom stereocenters. The van der Waals surface area contributed by atoms with E-state index in [9.17, 15) is 13.2 Å². The minimum absolute atomic E-state index is 0. The molecule has 8 heteroatoms. The van der Waals surface area contributed by atoms with Crippen LogP contribution < -0.4 is 10.0 Å². The zero-order valence-corrected chi connectivity index (χ0v) is 19.4. The van der Waals surface area contributed by atoms with Crippen molar-refractivity contribution >= 4 is 73.1 Å². The van der Waals surface area contributed by atoms with E-state index in [1.165, 1.54) is 28.5 Å². The van der Waals surface area contributed by atoms with Crippen molar-refractivity contribution in [2.24, 2.45) is 0 Å². The summed E-state index contributed by atoms with van der Waals surface area (Å²) in [6.45, 7) is 0. The van der Waals surface area contributed by atoms with Crippen molar-refractivity contribution in [1.82, 2.24) is 9.71 Å². The van der Waals surface area contributed by atoms with E-state index in [-0.39, 0.29) is 57.1 Å². The van der Waals surface area contributed by atoms with E-state index in [0.29, 0.717) is 5.69 Å². The number of hydrogen-bond acceptors (Lipinski definition) is 4. The van der Waals surface area contributed by atoms with Crippen LogP contribution in [0.2, 0.25) is 0 Å². The molecule has 0 saturated carbocycles. The van der Waals surface area contributed by atoms with Gasteiger partial charge in [-0.3, -0.25) is 4.98 Å². The van der Waals surface area contributed by atoms with Crippen molar-refractivity contribution in [3.8, 4) is 0 Å². The zero-order chi connectivity index (χ0) is 18.1. The largest absolute Gasteiger partial charge is 0.332 e. The number of aromatic nitrogens is 1. The average Bonchev–Trinajstić information content (AvgIpc) is 3.23. The summed E-state index contributed by atoms with van der Waals surface area (Å²) in [5.41, 5.74) is 6.15. The van der Waals surface area contributed by atoms with Gasteiger partial charge in [-0.15, -0.1) is 0 Å².